The molecule has 1 aliphatic heterocycles. The van der Waals surface area contributed by atoms with Gasteiger partial charge in [0.25, 0.3) is 5.91 Å². The minimum Gasteiger partial charge on any atom is -0.350 e. The summed E-state index contributed by atoms with van der Waals surface area (Å²) in [7, 11) is 1.66. The first-order chi connectivity index (χ1) is 22.4. The number of rotatable bonds is 6. The lowest BCUT2D eigenvalue weighted by Crippen LogP contribution is -2.47. The van der Waals surface area contributed by atoms with E-state index in [1.54, 1.807) is 53.0 Å². The van der Waals surface area contributed by atoms with E-state index in [-0.39, 0.29) is 35.8 Å². The van der Waals surface area contributed by atoms with Gasteiger partial charge in [-0.25, -0.2) is 9.37 Å². The highest BCUT2D eigenvalue weighted by atomic mass is 19.4. The SMILES string of the molecule is Cc1cc(F)c(C(=O)Nc2cc(CN3CCN(C)C(=O)C3)cc(C(F)(F)F)c2)cc1C#Cc1cnc2c(Nc3cn[nH]c3)cccn12. The van der Waals surface area contributed by atoms with E-state index in [0.29, 0.717) is 41.2 Å². The zero-order valence-electron chi connectivity index (χ0n) is 25.2. The number of hydrogen-bond acceptors (Lipinski definition) is 6. The highest BCUT2D eigenvalue weighted by Crippen LogP contribution is 2.33. The number of piperazine rings is 1. The van der Waals surface area contributed by atoms with Crippen molar-refractivity contribution in [2.75, 3.05) is 37.3 Å². The van der Waals surface area contributed by atoms with Crippen LogP contribution in [-0.4, -0.2) is 67.9 Å². The summed E-state index contributed by atoms with van der Waals surface area (Å²) in [5, 5.41) is 12.3. The molecule has 0 aliphatic carbocycles. The van der Waals surface area contributed by atoms with Crippen molar-refractivity contribution in [1.29, 1.82) is 0 Å². The van der Waals surface area contributed by atoms with Crippen LogP contribution in [0.4, 0.5) is 34.6 Å². The van der Waals surface area contributed by atoms with Crippen LogP contribution in [0.25, 0.3) is 5.65 Å². The fraction of sp³-hybridized carbons (Fsp3) is 0.212. The number of nitrogens with one attached hydrogen (secondary N) is 3. The summed E-state index contributed by atoms with van der Waals surface area (Å²) >= 11 is 0. The van der Waals surface area contributed by atoms with E-state index in [1.165, 1.54) is 12.1 Å². The van der Waals surface area contributed by atoms with Crippen molar-refractivity contribution in [3.63, 3.8) is 0 Å². The number of carbonyl (C=O) groups excluding carboxylic acids is 2. The van der Waals surface area contributed by atoms with Crippen LogP contribution in [-0.2, 0) is 17.5 Å². The summed E-state index contributed by atoms with van der Waals surface area (Å²) in [4.78, 5) is 33.1. The quantitative estimate of drug-likeness (QED) is 0.173. The largest absolute Gasteiger partial charge is 0.416 e. The molecule has 47 heavy (non-hydrogen) atoms. The molecular weight excluding hydrogens is 616 g/mol. The molecule has 3 aromatic heterocycles. The lowest BCUT2D eigenvalue weighted by atomic mass is 10.0. The summed E-state index contributed by atoms with van der Waals surface area (Å²) in [5.74, 6) is 4.06. The molecule has 3 N–H and O–H groups in total. The van der Waals surface area contributed by atoms with E-state index >= 15 is 4.39 Å². The molecular formula is C33H28F4N8O2. The van der Waals surface area contributed by atoms with Gasteiger partial charge in [0.15, 0.2) is 5.65 Å². The third-order valence-corrected chi connectivity index (χ3v) is 7.72. The number of aromatic nitrogens is 4. The Bertz CT molecular complexity index is 2040. The van der Waals surface area contributed by atoms with Crippen molar-refractivity contribution in [3.05, 3.63) is 107 Å². The second kappa shape index (κ2) is 12.6. The van der Waals surface area contributed by atoms with E-state index in [2.05, 4.69) is 37.7 Å². The molecule has 1 fully saturated rings. The van der Waals surface area contributed by atoms with E-state index in [0.717, 1.165) is 23.9 Å². The Morgan fingerprint density at radius 1 is 1.09 bits per heavy atom. The van der Waals surface area contributed by atoms with Crippen LogP contribution < -0.4 is 10.6 Å². The Kier molecular flexibility index (Phi) is 8.40. The van der Waals surface area contributed by atoms with Crippen LogP contribution in [0.2, 0.25) is 0 Å². The number of benzene rings is 2. The number of anilines is 3. The van der Waals surface area contributed by atoms with Gasteiger partial charge in [-0.1, -0.05) is 5.92 Å². The molecule has 0 saturated carbocycles. The number of carbonyl (C=O) groups is 2. The summed E-state index contributed by atoms with van der Waals surface area (Å²) in [6, 6.07) is 9.26. The van der Waals surface area contributed by atoms with E-state index in [9.17, 15) is 22.8 Å². The maximum atomic E-state index is 15.1. The first kappa shape index (κ1) is 31.3. The number of aryl methyl sites for hydroxylation is 1. The van der Waals surface area contributed by atoms with Gasteiger partial charge in [-0.3, -0.25) is 24.0 Å². The third kappa shape index (κ3) is 6.95. The zero-order valence-corrected chi connectivity index (χ0v) is 25.2. The van der Waals surface area contributed by atoms with Crippen LogP contribution in [0.1, 0.15) is 38.3 Å². The number of H-pyrrole nitrogens is 1. The number of aromatic amines is 1. The zero-order chi connectivity index (χ0) is 33.3. The van der Waals surface area contributed by atoms with Crippen molar-refractivity contribution in [3.8, 4) is 11.8 Å². The first-order valence-corrected chi connectivity index (χ1v) is 14.5. The van der Waals surface area contributed by atoms with Gasteiger partial charge < -0.3 is 15.5 Å². The second-order valence-corrected chi connectivity index (χ2v) is 11.2. The van der Waals surface area contributed by atoms with E-state index in [1.807, 2.05) is 12.1 Å². The molecule has 10 nitrogen and oxygen atoms in total. The molecule has 0 bridgehead atoms. The van der Waals surface area contributed by atoms with Crippen molar-refractivity contribution in [2.45, 2.75) is 19.6 Å². The normalized spacial score (nSPS) is 13.8. The number of amides is 2. The molecule has 0 radical (unpaired) electrons. The topological polar surface area (TPSA) is 111 Å². The molecule has 2 aromatic carbocycles. The molecule has 5 aromatic rings. The van der Waals surface area contributed by atoms with Gasteiger partial charge in [0.05, 0.1) is 41.4 Å². The highest BCUT2D eigenvalue weighted by molar-refractivity contribution is 6.05. The Labute approximate surface area is 266 Å². The van der Waals surface area contributed by atoms with Crippen LogP contribution in [0, 0.1) is 24.6 Å². The van der Waals surface area contributed by atoms with E-state index < -0.39 is 23.5 Å². The molecule has 240 valence electrons. The van der Waals surface area contributed by atoms with Crippen LogP contribution in [0.3, 0.4) is 0 Å². The number of halogens is 4. The number of imidazole rings is 1. The van der Waals surface area contributed by atoms with Gasteiger partial charge in [-0.05, 0) is 66.4 Å². The molecule has 4 heterocycles. The van der Waals surface area contributed by atoms with Crippen LogP contribution >= 0.6 is 0 Å². The standard InChI is InChI=1S/C33H28F4N8O2/c1-20-10-28(34)27(13-22(20)5-6-26-17-38-31-29(4-3-7-45(26)31)41-25-15-39-40-16-25)32(47)42-24-12-21(11-23(14-24)33(35,36)37)18-44-9-8-43(2)30(46)19-44/h3-4,7,10-17,41H,8-9,18-19H2,1-2H3,(H,39,40)(H,42,47). The number of pyridine rings is 1. The van der Waals surface area contributed by atoms with Crippen molar-refractivity contribution in [2.24, 2.45) is 0 Å². The molecule has 0 spiro atoms. The summed E-state index contributed by atoms with van der Waals surface area (Å²) in [6.07, 6.45) is 2.00. The van der Waals surface area contributed by atoms with Gasteiger partial charge in [0.1, 0.15) is 11.5 Å². The van der Waals surface area contributed by atoms with E-state index in [4.69, 9.17) is 0 Å². The van der Waals surface area contributed by atoms with Crippen molar-refractivity contribution >= 4 is 34.5 Å². The molecule has 14 heteroatoms. The van der Waals surface area contributed by atoms with Gasteiger partial charge >= 0.3 is 6.18 Å². The number of nitrogens with zero attached hydrogens (tertiary/aromatic N) is 5. The number of hydrogen-bond donors (Lipinski definition) is 3. The van der Waals surface area contributed by atoms with Gasteiger partial charge in [-0.15, -0.1) is 0 Å². The predicted molar refractivity (Wildman–Crippen MR) is 166 cm³/mol. The molecule has 1 aliphatic rings. The second-order valence-electron chi connectivity index (χ2n) is 11.2. The summed E-state index contributed by atoms with van der Waals surface area (Å²) in [5.41, 5.74) is 2.15. The van der Waals surface area contributed by atoms with Crippen LogP contribution in [0.15, 0.2) is 67.3 Å². The summed E-state index contributed by atoms with van der Waals surface area (Å²) in [6.45, 7) is 2.69. The highest BCUT2D eigenvalue weighted by Gasteiger charge is 2.32. The Morgan fingerprint density at radius 2 is 1.91 bits per heavy atom. The minimum absolute atomic E-state index is 0.0608. The van der Waals surface area contributed by atoms with Crippen molar-refractivity contribution in [1.82, 2.24) is 29.4 Å². The maximum absolute atomic E-state index is 15.1. The molecule has 6 rings (SSSR count). The average molecular weight is 645 g/mol. The third-order valence-electron chi connectivity index (χ3n) is 7.72. The van der Waals surface area contributed by atoms with Gasteiger partial charge in [-0.2, -0.15) is 18.3 Å². The molecule has 1 saturated heterocycles. The first-order valence-electron chi connectivity index (χ1n) is 14.5. The fourth-order valence-electron chi connectivity index (χ4n) is 5.21. The number of alkyl halides is 3. The number of likely N-dealkylation sites (N-methyl/N-ethyl adjacent to an activating group) is 1. The smallest absolute Gasteiger partial charge is 0.350 e. The molecule has 0 unspecified atom stereocenters. The van der Waals surface area contributed by atoms with Crippen LogP contribution in [0.5, 0.6) is 0 Å². The van der Waals surface area contributed by atoms with Crippen molar-refractivity contribution < 1.29 is 27.2 Å². The predicted octanol–water partition coefficient (Wildman–Crippen LogP) is 5.19. The summed E-state index contributed by atoms with van der Waals surface area (Å²) < 4.78 is 58.2. The monoisotopic (exact) mass is 644 g/mol. The average Bonchev–Trinajstić information content (AvgIpc) is 3.68. The minimum atomic E-state index is -4.70. The van der Waals surface area contributed by atoms with Gasteiger partial charge in [0, 0.05) is 50.3 Å². The Morgan fingerprint density at radius 3 is 2.66 bits per heavy atom. The molecule has 0 atom stereocenters. The van der Waals surface area contributed by atoms with Gasteiger partial charge in [0.2, 0.25) is 5.91 Å². The lowest BCUT2D eigenvalue weighted by molar-refractivity contribution is -0.138. The molecule has 2 amide bonds. The Balaban J connectivity index is 1.25. The number of fused-ring (bicyclic) bond motifs is 1. The lowest BCUT2D eigenvalue weighted by Gasteiger charge is -2.32. The Hall–Kier alpha value is -5.68. The fourth-order valence-corrected chi connectivity index (χ4v) is 5.21. The maximum Gasteiger partial charge on any atom is 0.416 e.